The van der Waals surface area contributed by atoms with Gasteiger partial charge in [-0.3, -0.25) is 4.79 Å². The van der Waals surface area contributed by atoms with E-state index in [1.165, 1.54) is 23.9 Å². The summed E-state index contributed by atoms with van der Waals surface area (Å²) in [6, 6.07) is 21.1. The van der Waals surface area contributed by atoms with Crippen LogP contribution in [0.1, 0.15) is 11.1 Å². The molecule has 3 aromatic rings. The molecule has 0 saturated carbocycles. The van der Waals surface area contributed by atoms with Crippen LogP contribution in [-0.4, -0.2) is 18.2 Å². The fourth-order valence-electron chi connectivity index (χ4n) is 2.90. The molecule has 0 radical (unpaired) electrons. The molecule has 1 aliphatic rings. The lowest BCUT2D eigenvalue weighted by molar-refractivity contribution is -0.115. The summed E-state index contributed by atoms with van der Waals surface area (Å²) in [7, 11) is 1.58. The van der Waals surface area contributed by atoms with Crippen LogP contribution in [-0.2, 0) is 11.4 Å². The number of benzene rings is 3. The molecule has 0 unspecified atom stereocenters. The predicted molar refractivity (Wildman–Crippen MR) is 121 cm³/mol. The number of hydrogen-bond acceptors (Lipinski definition) is 5. The summed E-state index contributed by atoms with van der Waals surface area (Å²) in [5.74, 6) is 0.621. The number of amidine groups is 1. The van der Waals surface area contributed by atoms with Crippen molar-refractivity contribution < 1.29 is 18.7 Å². The number of nitrogens with one attached hydrogen (secondary N) is 1. The van der Waals surface area contributed by atoms with Crippen LogP contribution >= 0.6 is 11.8 Å². The zero-order valence-electron chi connectivity index (χ0n) is 16.7. The van der Waals surface area contributed by atoms with E-state index < -0.39 is 0 Å². The summed E-state index contributed by atoms with van der Waals surface area (Å²) in [6.45, 7) is 0.404. The molecule has 1 heterocycles. The maximum absolute atomic E-state index is 13.1. The quantitative estimate of drug-likeness (QED) is 0.535. The first kappa shape index (κ1) is 20.7. The standard InChI is InChI=1S/C24H19FN2O3S/c1-29-20-12-7-17(13-21(20)30-15-16-5-3-2-4-6-16)14-22-23(28)27-24(31-22)26-19-10-8-18(25)9-11-19/h2-14H,15H2,1H3,(H,26,27,28)/b22-14+. The average Bonchev–Trinajstić information content (AvgIpc) is 3.13. The maximum Gasteiger partial charge on any atom is 0.264 e. The molecular formula is C24H19FN2O3S. The van der Waals surface area contributed by atoms with Crippen LogP contribution in [0.4, 0.5) is 10.1 Å². The highest BCUT2D eigenvalue weighted by atomic mass is 32.2. The molecule has 1 saturated heterocycles. The zero-order chi connectivity index (χ0) is 21.6. The third-order valence-corrected chi connectivity index (χ3v) is 5.34. The lowest BCUT2D eigenvalue weighted by Gasteiger charge is -2.11. The number of carbonyl (C=O) groups excluding carboxylic acids is 1. The maximum atomic E-state index is 13.1. The van der Waals surface area contributed by atoms with Gasteiger partial charge in [0.2, 0.25) is 0 Å². The van der Waals surface area contributed by atoms with Gasteiger partial charge in [-0.15, -0.1) is 0 Å². The Morgan fingerprint density at radius 3 is 2.55 bits per heavy atom. The Kier molecular flexibility index (Phi) is 6.33. The van der Waals surface area contributed by atoms with Crippen LogP contribution < -0.4 is 14.8 Å². The summed E-state index contributed by atoms with van der Waals surface area (Å²) >= 11 is 1.22. The van der Waals surface area contributed by atoms with Gasteiger partial charge in [-0.2, -0.15) is 0 Å². The number of nitrogens with zero attached hydrogens (tertiary/aromatic N) is 1. The van der Waals surface area contributed by atoms with Gasteiger partial charge >= 0.3 is 0 Å². The first-order valence-corrected chi connectivity index (χ1v) is 10.3. The summed E-state index contributed by atoms with van der Waals surface area (Å²) in [4.78, 5) is 17.2. The van der Waals surface area contributed by atoms with Crippen molar-refractivity contribution in [3.8, 4) is 11.5 Å². The molecule has 0 atom stereocenters. The van der Waals surface area contributed by atoms with Gasteiger partial charge in [-0.05, 0) is 65.4 Å². The highest BCUT2D eigenvalue weighted by Crippen LogP contribution is 2.32. The minimum absolute atomic E-state index is 0.242. The van der Waals surface area contributed by atoms with Crippen LogP contribution in [0.5, 0.6) is 11.5 Å². The largest absolute Gasteiger partial charge is 0.493 e. The molecule has 4 rings (SSSR count). The van der Waals surface area contributed by atoms with Crippen molar-refractivity contribution in [2.75, 3.05) is 7.11 Å². The Morgan fingerprint density at radius 1 is 1.03 bits per heavy atom. The second-order valence-corrected chi connectivity index (χ2v) is 7.67. The molecular weight excluding hydrogens is 415 g/mol. The number of amides is 1. The molecule has 1 fully saturated rings. The lowest BCUT2D eigenvalue weighted by Crippen LogP contribution is -2.19. The number of ether oxygens (including phenoxy) is 2. The Labute approximate surface area is 183 Å². The molecule has 1 aliphatic heterocycles. The molecule has 31 heavy (non-hydrogen) atoms. The molecule has 156 valence electrons. The summed E-state index contributed by atoms with van der Waals surface area (Å²) in [6.07, 6.45) is 1.77. The topological polar surface area (TPSA) is 59.9 Å². The van der Waals surface area contributed by atoms with Crippen LogP contribution in [0.15, 0.2) is 82.7 Å². The second-order valence-electron chi connectivity index (χ2n) is 6.64. The second kappa shape index (κ2) is 9.49. The number of carbonyl (C=O) groups is 1. The minimum atomic E-state index is -0.336. The number of rotatable bonds is 6. The Hall–Kier alpha value is -3.58. The van der Waals surface area contributed by atoms with Crippen molar-refractivity contribution in [3.05, 3.63) is 94.6 Å². The van der Waals surface area contributed by atoms with E-state index in [-0.39, 0.29) is 11.7 Å². The fraction of sp³-hybridized carbons (Fsp3) is 0.0833. The molecule has 5 nitrogen and oxygen atoms in total. The molecule has 3 aromatic carbocycles. The van der Waals surface area contributed by atoms with Crippen molar-refractivity contribution in [1.29, 1.82) is 0 Å². The normalized spacial score (nSPS) is 15.9. The van der Waals surface area contributed by atoms with Crippen LogP contribution in [0, 0.1) is 5.82 Å². The van der Waals surface area contributed by atoms with E-state index in [1.54, 1.807) is 31.4 Å². The van der Waals surface area contributed by atoms with Crippen molar-refractivity contribution >= 4 is 34.6 Å². The highest BCUT2D eigenvalue weighted by molar-refractivity contribution is 8.18. The summed E-state index contributed by atoms with van der Waals surface area (Å²) in [5.41, 5.74) is 2.40. The lowest BCUT2D eigenvalue weighted by atomic mass is 10.2. The smallest absolute Gasteiger partial charge is 0.264 e. The van der Waals surface area contributed by atoms with Crippen molar-refractivity contribution in [2.24, 2.45) is 4.99 Å². The summed E-state index contributed by atoms with van der Waals surface area (Å²) < 4.78 is 24.4. The van der Waals surface area contributed by atoms with Crippen molar-refractivity contribution in [1.82, 2.24) is 5.32 Å². The van der Waals surface area contributed by atoms with Crippen molar-refractivity contribution in [2.45, 2.75) is 6.61 Å². The number of aliphatic imine (C=N–C) groups is 1. The molecule has 0 bridgehead atoms. The van der Waals surface area contributed by atoms with Gasteiger partial charge in [-0.1, -0.05) is 36.4 Å². The first-order valence-electron chi connectivity index (χ1n) is 9.50. The van der Waals surface area contributed by atoms with Crippen LogP contribution in [0.3, 0.4) is 0 Å². The molecule has 1 amide bonds. The molecule has 7 heteroatoms. The van der Waals surface area contributed by atoms with Gasteiger partial charge in [0, 0.05) is 0 Å². The zero-order valence-corrected chi connectivity index (χ0v) is 17.5. The van der Waals surface area contributed by atoms with E-state index >= 15 is 0 Å². The average molecular weight is 434 g/mol. The van der Waals surface area contributed by atoms with Gasteiger partial charge < -0.3 is 14.8 Å². The van der Waals surface area contributed by atoms with Crippen LogP contribution in [0.2, 0.25) is 0 Å². The third kappa shape index (κ3) is 5.32. The number of thioether (sulfide) groups is 1. The third-order valence-electron chi connectivity index (χ3n) is 4.43. The monoisotopic (exact) mass is 434 g/mol. The van der Waals surface area contributed by atoms with Gasteiger partial charge in [0.25, 0.3) is 5.91 Å². The Bertz CT molecular complexity index is 1150. The first-order chi connectivity index (χ1) is 15.1. The van der Waals surface area contributed by atoms with E-state index in [0.717, 1.165) is 11.1 Å². The van der Waals surface area contributed by atoms with Gasteiger partial charge in [-0.25, -0.2) is 9.38 Å². The van der Waals surface area contributed by atoms with E-state index in [1.807, 2.05) is 42.5 Å². The van der Waals surface area contributed by atoms with Gasteiger partial charge in [0.1, 0.15) is 12.4 Å². The summed E-state index contributed by atoms with van der Waals surface area (Å²) in [5, 5.41) is 3.17. The highest BCUT2D eigenvalue weighted by Gasteiger charge is 2.24. The predicted octanol–water partition coefficient (Wildman–Crippen LogP) is 5.30. The van der Waals surface area contributed by atoms with E-state index in [2.05, 4.69) is 10.3 Å². The van der Waals surface area contributed by atoms with E-state index in [0.29, 0.717) is 33.9 Å². The van der Waals surface area contributed by atoms with E-state index in [4.69, 9.17) is 9.47 Å². The Morgan fingerprint density at radius 2 is 1.81 bits per heavy atom. The molecule has 0 aliphatic carbocycles. The SMILES string of the molecule is COc1ccc(/C=C2/SC(=Nc3ccc(F)cc3)NC2=O)cc1OCc1ccccc1. The Balaban J connectivity index is 1.52. The van der Waals surface area contributed by atoms with Gasteiger partial charge in [0.15, 0.2) is 16.7 Å². The molecule has 1 N–H and O–H groups in total. The fourth-order valence-corrected chi connectivity index (χ4v) is 3.74. The number of hydrogen-bond donors (Lipinski definition) is 1. The number of halogens is 1. The minimum Gasteiger partial charge on any atom is -0.493 e. The molecule has 0 aromatic heterocycles. The number of methoxy groups -OCH3 is 1. The van der Waals surface area contributed by atoms with E-state index in [9.17, 15) is 9.18 Å². The molecule has 0 spiro atoms. The van der Waals surface area contributed by atoms with Crippen LogP contribution in [0.25, 0.3) is 6.08 Å². The van der Waals surface area contributed by atoms with Gasteiger partial charge in [0.05, 0.1) is 17.7 Å². The van der Waals surface area contributed by atoms with Crippen molar-refractivity contribution in [3.63, 3.8) is 0 Å².